The molecule has 0 amide bonds. The SMILES string of the molecule is CC1CC(C)(C)c2cccc(N)c21.Cc1ccccc1. The summed E-state index contributed by atoms with van der Waals surface area (Å²) in [7, 11) is 0. The molecule has 0 saturated heterocycles. The largest absolute Gasteiger partial charge is 0.398 e. The Labute approximate surface area is 122 Å². The maximum atomic E-state index is 5.98. The fourth-order valence-electron chi connectivity index (χ4n) is 3.24. The number of hydrogen-bond acceptors (Lipinski definition) is 1. The zero-order chi connectivity index (χ0) is 14.8. The molecule has 3 rings (SSSR count). The minimum atomic E-state index is 0.310. The fraction of sp³-hybridized carbons (Fsp3) is 0.368. The molecule has 1 aliphatic rings. The fourth-order valence-corrected chi connectivity index (χ4v) is 3.24. The van der Waals surface area contributed by atoms with Crippen molar-refractivity contribution < 1.29 is 0 Å². The van der Waals surface area contributed by atoms with Gasteiger partial charge in [-0.2, -0.15) is 0 Å². The molecule has 1 aliphatic carbocycles. The molecule has 0 saturated carbocycles. The molecule has 0 bridgehead atoms. The van der Waals surface area contributed by atoms with Crippen LogP contribution in [0.15, 0.2) is 48.5 Å². The van der Waals surface area contributed by atoms with Gasteiger partial charge in [-0.25, -0.2) is 0 Å². The van der Waals surface area contributed by atoms with Gasteiger partial charge in [0.15, 0.2) is 0 Å². The third-order valence-electron chi connectivity index (χ3n) is 4.12. The molecule has 1 atom stereocenters. The standard InChI is InChI=1S/C12H17N.C7H8/c1-8-7-12(2,3)9-5-4-6-10(13)11(8)9;1-7-5-3-2-4-6-7/h4-6,8H,7,13H2,1-3H3;2-6H,1H3. The van der Waals surface area contributed by atoms with Crippen molar-refractivity contribution >= 4 is 5.69 Å². The smallest absolute Gasteiger partial charge is 0.0352 e. The number of nitrogens with two attached hydrogens (primary N) is 1. The molecule has 1 unspecified atom stereocenters. The van der Waals surface area contributed by atoms with Gasteiger partial charge in [0.25, 0.3) is 0 Å². The molecule has 2 aromatic carbocycles. The van der Waals surface area contributed by atoms with Crippen LogP contribution in [0.25, 0.3) is 0 Å². The van der Waals surface area contributed by atoms with E-state index < -0.39 is 0 Å². The summed E-state index contributed by atoms with van der Waals surface area (Å²) >= 11 is 0. The minimum absolute atomic E-state index is 0.310. The Morgan fingerprint density at radius 3 is 2.15 bits per heavy atom. The van der Waals surface area contributed by atoms with Gasteiger partial charge in [0, 0.05) is 5.69 Å². The first-order valence-electron chi connectivity index (χ1n) is 7.32. The number of benzene rings is 2. The summed E-state index contributed by atoms with van der Waals surface area (Å²) in [5.41, 5.74) is 11.4. The van der Waals surface area contributed by atoms with Crippen LogP contribution in [-0.4, -0.2) is 0 Å². The molecular weight excluding hydrogens is 242 g/mol. The Morgan fingerprint density at radius 1 is 1.00 bits per heavy atom. The highest BCUT2D eigenvalue weighted by molar-refractivity contribution is 5.57. The maximum Gasteiger partial charge on any atom is 0.0352 e. The molecule has 106 valence electrons. The Kier molecular flexibility index (Phi) is 4.17. The van der Waals surface area contributed by atoms with Crippen molar-refractivity contribution in [1.82, 2.24) is 0 Å². The van der Waals surface area contributed by atoms with Gasteiger partial charge >= 0.3 is 0 Å². The topological polar surface area (TPSA) is 26.0 Å². The van der Waals surface area contributed by atoms with E-state index in [4.69, 9.17) is 5.73 Å². The lowest BCUT2D eigenvalue weighted by molar-refractivity contribution is 0.489. The van der Waals surface area contributed by atoms with E-state index in [1.54, 1.807) is 0 Å². The summed E-state index contributed by atoms with van der Waals surface area (Å²) in [6.45, 7) is 8.95. The second-order valence-corrected chi connectivity index (χ2v) is 6.45. The van der Waals surface area contributed by atoms with Crippen LogP contribution in [0.4, 0.5) is 5.69 Å². The number of rotatable bonds is 0. The zero-order valence-corrected chi connectivity index (χ0v) is 13.0. The first-order chi connectivity index (χ1) is 9.42. The van der Waals surface area contributed by atoms with E-state index >= 15 is 0 Å². The van der Waals surface area contributed by atoms with Crippen LogP contribution in [0.5, 0.6) is 0 Å². The predicted octanol–water partition coefficient (Wildman–Crippen LogP) is 5.05. The minimum Gasteiger partial charge on any atom is -0.398 e. The van der Waals surface area contributed by atoms with Gasteiger partial charge in [0.05, 0.1) is 0 Å². The third kappa shape index (κ3) is 3.04. The van der Waals surface area contributed by atoms with Crippen molar-refractivity contribution in [3.05, 3.63) is 65.2 Å². The van der Waals surface area contributed by atoms with Gasteiger partial charge < -0.3 is 5.73 Å². The van der Waals surface area contributed by atoms with Crippen molar-refractivity contribution in [1.29, 1.82) is 0 Å². The molecule has 2 aromatic rings. The van der Waals surface area contributed by atoms with Crippen LogP contribution in [-0.2, 0) is 5.41 Å². The van der Waals surface area contributed by atoms with Crippen LogP contribution in [0.1, 0.15) is 49.8 Å². The Bertz CT molecular complexity index is 570. The molecule has 20 heavy (non-hydrogen) atoms. The quantitative estimate of drug-likeness (QED) is 0.664. The van der Waals surface area contributed by atoms with Crippen LogP contribution in [0, 0.1) is 6.92 Å². The maximum absolute atomic E-state index is 5.98. The summed E-state index contributed by atoms with van der Waals surface area (Å²) < 4.78 is 0. The van der Waals surface area contributed by atoms with E-state index in [1.807, 2.05) is 24.3 Å². The first-order valence-corrected chi connectivity index (χ1v) is 7.32. The Morgan fingerprint density at radius 2 is 1.65 bits per heavy atom. The lowest BCUT2D eigenvalue weighted by Crippen LogP contribution is -2.11. The molecule has 0 aromatic heterocycles. The van der Waals surface area contributed by atoms with E-state index in [0.29, 0.717) is 11.3 Å². The first kappa shape index (κ1) is 14.6. The average molecular weight is 267 g/mol. The van der Waals surface area contributed by atoms with Gasteiger partial charge in [-0.1, -0.05) is 68.8 Å². The number of anilines is 1. The molecule has 0 heterocycles. The summed E-state index contributed by atoms with van der Waals surface area (Å²) in [4.78, 5) is 0. The number of fused-ring (bicyclic) bond motifs is 1. The summed E-state index contributed by atoms with van der Waals surface area (Å²) in [6, 6.07) is 16.6. The van der Waals surface area contributed by atoms with Crippen LogP contribution < -0.4 is 5.73 Å². The number of nitrogen functional groups attached to an aromatic ring is 1. The molecular formula is C19H25N. The van der Waals surface area contributed by atoms with Crippen molar-refractivity contribution in [3.63, 3.8) is 0 Å². The molecule has 1 heteroatoms. The van der Waals surface area contributed by atoms with E-state index in [-0.39, 0.29) is 0 Å². The number of aryl methyl sites for hydroxylation is 1. The van der Waals surface area contributed by atoms with E-state index in [1.165, 1.54) is 23.1 Å². The van der Waals surface area contributed by atoms with Gasteiger partial charge in [-0.05, 0) is 41.9 Å². The second-order valence-electron chi connectivity index (χ2n) is 6.45. The summed E-state index contributed by atoms with van der Waals surface area (Å²) in [6.07, 6.45) is 1.22. The van der Waals surface area contributed by atoms with Crippen molar-refractivity contribution in [2.24, 2.45) is 0 Å². The predicted molar refractivity (Wildman–Crippen MR) is 88.1 cm³/mol. The highest BCUT2D eigenvalue weighted by atomic mass is 14.6. The Balaban J connectivity index is 0.000000178. The normalized spacial score (nSPS) is 18.9. The number of hydrogen-bond donors (Lipinski definition) is 1. The van der Waals surface area contributed by atoms with Gasteiger partial charge in [0.2, 0.25) is 0 Å². The molecule has 0 spiro atoms. The van der Waals surface area contributed by atoms with Crippen molar-refractivity contribution in [2.45, 2.75) is 45.4 Å². The zero-order valence-electron chi connectivity index (χ0n) is 13.0. The van der Waals surface area contributed by atoms with Crippen molar-refractivity contribution in [3.8, 4) is 0 Å². The van der Waals surface area contributed by atoms with Gasteiger partial charge in [0.1, 0.15) is 0 Å². The Hall–Kier alpha value is -1.76. The monoisotopic (exact) mass is 267 g/mol. The highest BCUT2D eigenvalue weighted by Crippen LogP contribution is 2.47. The van der Waals surface area contributed by atoms with Crippen LogP contribution in [0.3, 0.4) is 0 Å². The lowest BCUT2D eigenvalue weighted by atomic mass is 9.86. The highest BCUT2D eigenvalue weighted by Gasteiger charge is 2.35. The molecule has 0 aliphatic heterocycles. The van der Waals surface area contributed by atoms with Gasteiger partial charge in [-0.15, -0.1) is 0 Å². The van der Waals surface area contributed by atoms with E-state index in [9.17, 15) is 0 Å². The summed E-state index contributed by atoms with van der Waals surface area (Å²) in [5.74, 6) is 0.617. The molecule has 0 radical (unpaired) electrons. The van der Waals surface area contributed by atoms with Crippen LogP contribution in [0.2, 0.25) is 0 Å². The van der Waals surface area contributed by atoms with Gasteiger partial charge in [-0.3, -0.25) is 0 Å². The van der Waals surface area contributed by atoms with Crippen LogP contribution >= 0.6 is 0 Å². The average Bonchev–Trinajstić information content (AvgIpc) is 2.62. The lowest BCUT2D eigenvalue weighted by Gasteiger charge is -2.18. The molecule has 1 nitrogen and oxygen atoms in total. The van der Waals surface area contributed by atoms with E-state index in [0.717, 1.165) is 5.69 Å². The van der Waals surface area contributed by atoms with Crippen molar-refractivity contribution in [2.75, 3.05) is 5.73 Å². The third-order valence-corrected chi connectivity index (χ3v) is 4.12. The molecule has 0 fully saturated rings. The summed E-state index contributed by atoms with van der Waals surface area (Å²) in [5, 5.41) is 0. The van der Waals surface area contributed by atoms with E-state index in [2.05, 4.69) is 52.0 Å². The molecule has 2 N–H and O–H groups in total. The second kappa shape index (κ2) is 5.70.